The Hall–Kier alpha value is -1.44. The Labute approximate surface area is 144 Å². The minimum atomic E-state index is 0.892. The van der Waals surface area contributed by atoms with Gasteiger partial charge in [0.15, 0.2) is 10.2 Å². The van der Waals surface area contributed by atoms with E-state index in [2.05, 4.69) is 52.2 Å². The predicted molar refractivity (Wildman–Crippen MR) is 94.7 cm³/mol. The molecule has 0 saturated carbocycles. The van der Waals surface area contributed by atoms with Crippen molar-refractivity contribution in [2.45, 2.75) is 42.7 Å². The Morgan fingerprint density at radius 1 is 1.13 bits per heavy atom. The first-order valence-corrected chi connectivity index (χ1v) is 9.75. The van der Waals surface area contributed by atoms with E-state index in [0.29, 0.717) is 0 Å². The van der Waals surface area contributed by atoms with Gasteiger partial charge in [0.05, 0.1) is 6.54 Å². The van der Waals surface area contributed by atoms with Gasteiger partial charge < -0.3 is 5.73 Å². The van der Waals surface area contributed by atoms with Crippen molar-refractivity contribution in [3.63, 3.8) is 0 Å². The molecule has 0 unspecified atom stereocenters. The van der Waals surface area contributed by atoms with Crippen LogP contribution in [-0.4, -0.2) is 26.4 Å². The molecule has 5 nitrogen and oxygen atoms in total. The van der Waals surface area contributed by atoms with E-state index in [-0.39, 0.29) is 0 Å². The number of hydrogen-bond donors (Lipinski definition) is 1. The van der Waals surface area contributed by atoms with Gasteiger partial charge in [-0.2, -0.15) is 4.52 Å². The Morgan fingerprint density at radius 2 is 1.96 bits per heavy atom. The van der Waals surface area contributed by atoms with Gasteiger partial charge in [-0.1, -0.05) is 52.9 Å². The number of thioether (sulfide) groups is 1. The lowest BCUT2D eigenvalue weighted by molar-refractivity contribution is -0.368. The van der Waals surface area contributed by atoms with Crippen LogP contribution in [0.5, 0.6) is 0 Å². The SMILES string of the molecule is Cc1ccc(CSc2nn3c(CCCCC[NH3+])nnc3s2)cc1. The molecule has 0 radical (unpaired) electrons. The van der Waals surface area contributed by atoms with E-state index in [1.54, 1.807) is 23.1 Å². The van der Waals surface area contributed by atoms with E-state index in [1.165, 1.54) is 24.0 Å². The highest BCUT2D eigenvalue weighted by atomic mass is 32.2. The van der Waals surface area contributed by atoms with Crippen LogP contribution < -0.4 is 5.73 Å². The summed E-state index contributed by atoms with van der Waals surface area (Å²) in [5.41, 5.74) is 6.49. The van der Waals surface area contributed by atoms with Crippen LogP contribution in [-0.2, 0) is 12.2 Å². The van der Waals surface area contributed by atoms with Gasteiger partial charge in [0.25, 0.3) is 0 Å². The molecule has 0 aliphatic heterocycles. The molecule has 0 aliphatic carbocycles. The molecule has 0 atom stereocenters. The van der Waals surface area contributed by atoms with E-state index in [0.717, 1.165) is 40.3 Å². The molecule has 3 aromatic rings. The maximum atomic E-state index is 4.66. The number of fused-ring (bicyclic) bond motifs is 1. The van der Waals surface area contributed by atoms with Crippen LogP contribution in [0, 0.1) is 6.92 Å². The Morgan fingerprint density at radius 3 is 2.74 bits per heavy atom. The van der Waals surface area contributed by atoms with Gasteiger partial charge in [-0.05, 0) is 31.7 Å². The normalized spacial score (nSPS) is 11.4. The van der Waals surface area contributed by atoms with Crippen molar-refractivity contribution >= 4 is 28.1 Å². The molecule has 122 valence electrons. The van der Waals surface area contributed by atoms with Crippen molar-refractivity contribution in [1.29, 1.82) is 0 Å². The molecular formula is C16H22N5S2+. The highest BCUT2D eigenvalue weighted by Crippen LogP contribution is 2.27. The average Bonchev–Trinajstić information content (AvgIpc) is 3.12. The van der Waals surface area contributed by atoms with E-state index in [9.17, 15) is 0 Å². The second kappa shape index (κ2) is 7.90. The first kappa shape index (κ1) is 16.4. The molecular weight excluding hydrogens is 326 g/mol. The Bertz CT molecular complexity index is 748. The van der Waals surface area contributed by atoms with Crippen molar-refractivity contribution in [3.05, 3.63) is 41.2 Å². The third-order valence-electron chi connectivity index (χ3n) is 3.67. The minimum Gasteiger partial charge on any atom is -0.358 e. The van der Waals surface area contributed by atoms with Gasteiger partial charge in [0, 0.05) is 12.2 Å². The van der Waals surface area contributed by atoms with Gasteiger partial charge in [-0.3, -0.25) is 0 Å². The van der Waals surface area contributed by atoms with Crippen molar-refractivity contribution in [1.82, 2.24) is 19.8 Å². The lowest BCUT2D eigenvalue weighted by atomic mass is 10.2. The van der Waals surface area contributed by atoms with E-state index in [4.69, 9.17) is 0 Å². The highest BCUT2D eigenvalue weighted by Gasteiger charge is 2.12. The van der Waals surface area contributed by atoms with Gasteiger partial charge in [-0.15, -0.1) is 15.3 Å². The molecule has 2 heterocycles. The first-order valence-electron chi connectivity index (χ1n) is 7.95. The highest BCUT2D eigenvalue weighted by molar-refractivity contribution is 8.00. The zero-order valence-electron chi connectivity index (χ0n) is 13.4. The molecule has 3 rings (SSSR count). The lowest BCUT2D eigenvalue weighted by Crippen LogP contribution is -2.50. The number of nitrogens with zero attached hydrogens (tertiary/aromatic N) is 4. The zero-order valence-corrected chi connectivity index (χ0v) is 15.0. The van der Waals surface area contributed by atoms with Gasteiger partial charge in [-0.25, -0.2) is 0 Å². The monoisotopic (exact) mass is 348 g/mol. The smallest absolute Gasteiger partial charge is 0.235 e. The van der Waals surface area contributed by atoms with Gasteiger partial charge in [0.2, 0.25) is 4.96 Å². The first-order chi connectivity index (χ1) is 11.3. The summed E-state index contributed by atoms with van der Waals surface area (Å²) in [5.74, 6) is 1.91. The zero-order chi connectivity index (χ0) is 16.1. The Balaban J connectivity index is 1.61. The number of benzene rings is 1. The number of quaternary nitrogens is 1. The Kier molecular flexibility index (Phi) is 5.64. The van der Waals surface area contributed by atoms with Crippen LogP contribution in [0.2, 0.25) is 0 Å². The molecule has 2 aromatic heterocycles. The summed E-state index contributed by atoms with van der Waals surface area (Å²) < 4.78 is 2.96. The van der Waals surface area contributed by atoms with Crippen LogP contribution in [0.25, 0.3) is 4.96 Å². The number of rotatable bonds is 8. The average molecular weight is 349 g/mol. The summed E-state index contributed by atoms with van der Waals surface area (Å²) in [7, 11) is 0. The molecule has 3 N–H and O–H groups in total. The molecule has 7 heteroatoms. The molecule has 0 amide bonds. The second-order valence-corrected chi connectivity index (χ2v) is 7.80. The summed E-state index contributed by atoms with van der Waals surface area (Å²) in [5, 5.41) is 13.2. The summed E-state index contributed by atoms with van der Waals surface area (Å²) in [6, 6.07) is 8.66. The fourth-order valence-corrected chi connectivity index (χ4v) is 4.17. The maximum absolute atomic E-state index is 4.66. The third-order valence-corrected chi connectivity index (χ3v) is 5.77. The standard InChI is InChI=1S/C16H21N5S2/c1-12-6-8-13(9-7-12)11-22-16-20-21-14(5-3-2-4-10-17)18-19-15(21)23-16/h6-9H,2-5,10-11,17H2,1H3/p+1. The number of hydrogen-bond acceptors (Lipinski definition) is 5. The van der Waals surface area contributed by atoms with Crippen LogP contribution in [0.3, 0.4) is 0 Å². The van der Waals surface area contributed by atoms with E-state index in [1.807, 2.05) is 4.52 Å². The molecule has 0 bridgehead atoms. The van der Waals surface area contributed by atoms with Gasteiger partial charge >= 0.3 is 0 Å². The quantitative estimate of drug-likeness (QED) is 0.502. The number of aryl methyl sites for hydroxylation is 2. The lowest BCUT2D eigenvalue weighted by Gasteiger charge is -1.99. The number of aromatic nitrogens is 4. The fraction of sp³-hybridized carbons (Fsp3) is 0.438. The molecule has 0 spiro atoms. The molecule has 0 fully saturated rings. The van der Waals surface area contributed by atoms with Crippen molar-refractivity contribution in [2.75, 3.05) is 6.54 Å². The van der Waals surface area contributed by atoms with E-state index >= 15 is 0 Å². The second-order valence-electron chi connectivity index (χ2n) is 5.62. The third kappa shape index (κ3) is 4.31. The minimum absolute atomic E-state index is 0.892. The molecule has 1 aromatic carbocycles. The van der Waals surface area contributed by atoms with Crippen molar-refractivity contribution < 1.29 is 5.73 Å². The summed E-state index contributed by atoms with van der Waals surface area (Å²) >= 11 is 3.38. The summed E-state index contributed by atoms with van der Waals surface area (Å²) in [4.78, 5) is 0.892. The maximum Gasteiger partial charge on any atom is 0.235 e. The van der Waals surface area contributed by atoms with Crippen molar-refractivity contribution in [3.8, 4) is 0 Å². The summed E-state index contributed by atoms with van der Waals surface area (Å²) in [6.07, 6.45) is 4.43. The van der Waals surface area contributed by atoms with Crippen LogP contribution >= 0.6 is 23.1 Å². The predicted octanol–water partition coefficient (Wildman–Crippen LogP) is 2.74. The molecule has 23 heavy (non-hydrogen) atoms. The number of unbranched alkanes of at least 4 members (excludes halogenated alkanes) is 2. The van der Waals surface area contributed by atoms with Crippen molar-refractivity contribution in [2.24, 2.45) is 0 Å². The fourth-order valence-electron chi connectivity index (χ4n) is 2.32. The summed E-state index contributed by atoms with van der Waals surface area (Å²) in [6.45, 7) is 3.12. The molecule has 0 aliphatic rings. The van der Waals surface area contributed by atoms with Crippen LogP contribution in [0.1, 0.15) is 36.2 Å². The van der Waals surface area contributed by atoms with E-state index < -0.39 is 0 Å². The largest absolute Gasteiger partial charge is 0.358 e. The topological polar surface area (TPSA) is 70.7 Å². The van der Waals surface area contributed by atoms with Crippen LogP contribution in [0.4, 0.5) is 0 Å². The van der Waals surface area contributed by atoms with Gasteiger partial charge in [0.1, 0.15) is 0 Å². The molecule has 0 saturated heterocycles. The van der Waals surface area contributed by atoms with Crippen LogP contribution in [0.15, 0.2) is 28.6 Å².